The van der Waals surface area contributed by atoms with Crippen LogP contribution in [0, 0.1) is 0 Å². The van der Waals surface area contributed by atoms with Crippen molar-refractivity contribution in [1.29, 1.82) is 0 Å². The van der Waals surface area contributed by atoms with E-state index in [2.05, 4.69) is 0 Å². The van der Waals surface area contributed by atoms with E-state index in [4.69, 9.17) is 14.2 Å². The molecule has 0 atom stereocenters. The van der Waals surface area contributed by atoms with Crippen molar-refractivity contribution in [3.63, 3.8) is 0 Å². The maximum Gasteiger partial charge on any atom is 0.223 e. The van der Waals surface area contributed by atoms with Gasteiger partial charge in [-0.15, -0.1) is 0 Å². The first-order chi connectivity index (χ1) is 16.9. The number of hydrogen-bond acceptors (Lipinski definition) is 6. The summed E-state index contributed by atoms with van der Waals surface area (Å²) in [4.78, 5) is 14.6. The largest absolute Gasteiger partial charge is 0.489 e. The Labute approximate surface area is 206 Å². The van der Waals surface area contributed by atoms with Gasteiger partial charge in [-0.05, 0) is 42.3 Å². The summed E-state index contributed by atoms with van der Waals surface area (Å²) in [5.41, 5.74) is 2.03. The fourth-order valence-corrected chi connectivity index (χ4v) is 4.98. The molecule has 35 heavy (non-hydrogen) atoms. The molecule has 7 nitrogen and oxygen atoms in total. The van der Waals surface area contributed by atoms with Gasteiger partial charge in [-0.2, -0.15) is 0 Å². The van der Waals surface area contributed by atoms with Crippen molar-refractivity contribution in [3.8, 4) is 17.2 Å². The van der Waals surface area contributed by atoms with Crippen LogP contribution >= 0.6 is 0 Å². The minimum absolute atomic E-state index is 0.0944. The van der Waals surface area contributed by atoms with Crippen LogP contribution in [0.4, 0.5) is 0 Å². The number of carbonyl (C=O) groups is 1. The van der Waals surface area contributed by atoms with E-state index in [1.54, 1.807) is 11.0 Å². The molecule has 8 heteroatoms. The molecular formula is C27H29NO6S. The van der Waals surface area contributed by atoms with Gasteiger partial charge in [0.15, 0.2) is 21.3 Å². The Hall–Kier alpha value is -3.52. The van der Waals surface area contributed by atoms with E-state index < -0.39 is 9.84 Å². The maximum atomic E-state index is 12.8. The zero-order valence-electron chi connectivity index (χ0n) is 19.7. The highest BCUT2D eigenvalue weighted by Gasteiger charge is 2.22. The molecule has 1 heterocycles. The van der Waals surface area contributed by atoms with Crippen LogP contribution in [-0.4, -0.2) is 44.7 Å². The molecule has 184 valence electrons. The van der Waals surface area contributed by atoms with Gasteiger partial charge in [0.25, 0.3) is 0 Å². The van der Waals surface area contributed by atoms with Gasteiger partial charge in [0.1, 0.15) is 25.6 Å². The highest BCUT2D eigenvalue weighted by molar-refractivity contribution is 7.91. The van der Waals surface area contributed by atoms with Crippen LogP contribution in [-0.2, 0) is 27.8 Å². The van der Waals surface area contributed by atoms with Gasteiger partial charge in [-0.3, -0.25) is 4.79 Å². The zero-order chi connectivity index (χ0) is 24.7. The average molecular weight is 496 g/mol. The number of sulfone groups is 1. The Morgan fingerprint density at radius 1 is 0.914 bits per heavy atom. The van der Waals surface area contributed by atoms with Crippen LogP contribution in [0.3, 0.4) is 0 Å². The lowest BCUT2D eigenvalue weighted by molar-refractivity contribution is -0.131. The van der Waals surface area contributed by atoms with E-state index in [1.165, 1.54) is 12.1 Å². The molecule has 1 aliphatic rings. The van der Waals surface area contributed by atoms with Gasteiger partial charge in [0.05, 0.1) is 10.6 Å². The van der Waals surface area contributed by atoms with Gasteiger partial charge in [-0.25, -0.2) is 8.42 Å². The molecule has 0 aliphatic carbocycles. The first-order valence-electron chi connectivity index (χ1n) is 11.6. The standard InChI is InChI=1S/C27H29NO6S/c1-2-28(19-21-8-10-23(11-9-21)34-20-22-6-4-3-5-7-22)27(29)14-17-35(30,31)24-12-13-25-26(18-24)33-16-15-32-25/h3-13,18H,2,14-17,19-20H2,1H3. The summed E-state index contributed by atoms with van der Waals surface area (Å²) in [5.74, 6) is 1.21. The number of rotatable bonds is 10. The molecule has 0 bridgehead atoms. The smallest absolute Gasteiger partial charge is 0.223 e. The molecule has 3 aromatic rings. The fraction of sp³-hybridized carbons (Fsp3) is 0.296. The van der Waals surface area contributed by atoms with Crippen LogP contribution in [0.2, 0.25) is 0 Å². The van der Waals surface area contributed by atoms with Crippen molar-refractivity contribution >= 4 is 15.7 Å². The number of carbonyl (C=O) groups excluding carboxylic acids is 1. The molecule has 0 spiro atoms. The summed E-state index contributed by atoms with van der Waals surface area (Å²) in [6, 6.07) is 22.1. The molecule has 3 aromatic carbocycles. The molecule has 0 fully saturated rings. The van der Waals surface area contributed by atoms with E-state index in [1.807, 2.05) is 61.5 Å². The molecule has 0 unspecified atom stereocenters. The van der Waals surface area contributed by atoms with Gasteiger partial charge in [0, 0.05) is 25.6 Å². The lowest BCUT2D eigenvalue weighted by atomic mass is 10.2. The summed E-state index contributed by atoms with van der Waals surface area (Å²) in [6.07, 6.45) is -0.0944. The summed E-state index contributed by atoms with van der Waals surface area (Å²) < 4.78 is 42.4. The molecule has 0 radical (unpaired) electrons. The zero-order valence-corrected chi connectivity index (χ0v) is 20.5. The lowest BCUT2D eigenvalue weighted by Gasteiger charge is -2.21. The molecule has 0 saturated carbocycles. The average Bonchev–Trinajstić information content (AvgIpc) is 2.90. The van der Waals surface area contributed by atoms with Crippen molar-refractivity contribution in [2.75, 3.05) is 25.5 Å². The van der Waals surface area contributed by atoms with Crippen LogP contribution in [0.15, 0.2) is 77.7 Å². The molecule has 1 amide bonds. The van der Waals surface area contributed by atoms with E-state index in [0.717, 1.165) is 16.9 Å². The second kappa shape index (κ2) is 11.3. The molecule has 0 aromatic heterocycles. The highest BCUT2D eigenvalue weighted by Crippen LogP contribution is 2.32. The number of hydrogen-bond donors (Lipinski definition) is 0. The van der Waals surface area contributed by atoms with Crippen molar-refractivity contribution < 1.29 is 27.4 Å². The Bertz CT molecular complexity index is 1240. The Balaban J connectivity index is 1.31. The molecule has 0 N–H and O–H groups in total. The lowest BCUT2D eigenvalue weighted by Crippen LogP contribution is -2.31. The Morgan fingerprint density at radius 2 is 1.63 bits per heavy atom. The van der Waals surface area contributed by atoms with Crippen LogP contribution in [0.25, 0.3) is 0 Å². The molecule has 1 aliphatic heterocycles. The van der Waals surface area contributed by atoms with Gasteiger partial charge in [-0.1, -0.05) is 42.5 Å². The predicted octanol–water partition coefficient (Wildman–Crippen LogP) is 4.25. The van der Waals surface area contributed by atoms with E-state index >= 15 is 0 Å². The van der Waals surface area contributed by atoms with Crippen LogP contribution < -0.4 is 14.2 Å². The number of ether oxygens (including phenoxy) is 3. The van der Waals surface area contributed by atoms with E-state index in [9.17, 15) is 13.2 Å². The van der Waals surface area contributed by atoms with Crippen molar-refractivity contribution in [2.45, 2.75) is 31.4 Å². The Kier molecular flexibility index (Phi) is 7.92. The minimum Gasteiger partial charge on any atom is -0.489 e. The number of amides is 1. The van der Waals surface area contributed by atoms with E-state index in [0.29, 0.717) is 44.4 Å². The summed E-state index contributed by atoms with van der Waals surface area (Å²) >= 11 is 0. The van der Waals surface area contributed by atoms with Crippen molar-refractivity contribution in [1.82, 2.24) is 4.90 Å². The summed E-state index contributed by atoms with van der Waals surface area (Å²) in [7, 11) is -3.64. The maximum absolute atomic E-state index is 12.8. The van der Waals surface area contributed by atoms with Gasteiger partial charge >= 0.3 is 0 Å². The van der Waals surface area contributed by atoms with Crippen molar-refractivity contribution in [2.24, 2.45) is 0 Å². The SMILES string of the molecule is CCN(Cc1ccc(OCc2ccccc2)cc1)C(=O)CCS(=O)(=O)c1ccc2c(c1)OCCO2. The second-order valence-electron chi connectivity index (χ2n) is 8.20. The minimum atomic E-state index is -3.64. The molecule has 0 saturated heterocycles. The number of fused-ring (bicyclic) bond motifs is 1. The monoisotopic (exact) mass is 495 g/mol. The number of nitrogens with zero attached hydrogens (tertiary/aromatic N) is 1. The van der Waals surface area contributed by atoms with Crippen molar-refractivity contribution in [3.05, 3.63) is 83.9 Å². The first kappa shape index (κ1) is 24.6. The normalized spacial score (nSPS) is 12.7. The van der Waals surface area contributed by atoms with Crippen LogP contribution in [0.1, 0.15) is 24.5 Å². The van der Waals surface area contributed by atoms with Crippen LogP contribution in [0.5, 0.6) is 17.2 Å². The third-order valence-corrected chi connectivity index (χ3v) is 7.45. The second-order valence-corrected chi connectivity index (χ2v) is 10.3. The van der Waals surface area contributed by atoms with Gasteiger partial charge in [0.2, 0.25) is 5.91 Å². The Morgan fingerprint density at radius 3 is 2.34 bits per heavy atom. The molecule has 4 rings (SSSR count). The fourth-order valence-electron chi connectivity index (χ4n) is 3.74. The van der Waals surface area contributed by atoms with E-state index in [-0.39, 0.29) is 23.0 Å². The third kappa shape index (κ3) is 6.54. The highest BCUT2D eigenvalue weighted by atomic mass is 32.2. The summed E-state index contributed by atoms with van der Waals surface area (Å²) in [5, 5.41) is 0. The number of benzene rings is 3. The topological polar surface area (TPSA) is 82.1 Å². The summed E-state index contributed by atoms with van der Waals surface area (Å²) in [6.45, 7) is 4.06. The third-order valence-electron chi connectivity index (χ3n) is 5.74. The quantitative estimate of drug-likeness (QED) is 0.418. The van der Waals surface area contributed by atoms with Gasteiger partial charge < -0.3 is 19.1 Å². The predicted molar refractivity (Wildman–Crippen MR) is 132 cm³/mol. The first-order valence-corrected chi connectivity index (χ1v) is 13.3. The molecular weight excluding hydrogens is 466 g/mol.